The molecule has 0 spiro atoms. The number of benzene rings is 2. The molecule has 228 valence electrons. The first-order chi connectivity index (χ1) is 20.4. The van der Waals surface area contributed by atoms with Gasteiger partial charge in [-0.05, 0) is 61.7 Å². The minimum Gasteiger partial charge on any atom is -0.437 e. The maximum absolute atomic E-state index is 14.9. The highest BCUT2D eigenvalue weighted by Gasteiger charge is 2.34. The predicted molar refractivity (Wildman–Crippen MR) is 161 cm³/mol. The number of aryl methyl sites for hydroxylation is 1. The molecule has 13 heteroatoms. The molecular weight excluding hydrogens is 581 g/mol. The second-order valence-corrected chi connectivity index (χ2v) is 12.6. The van der Waals surface area contributed by atoms with Crippen LogP contribution in [0.2, 0.25) is 0 Å². The zero-order valence-electron chi connectivity index (χ0n) is 24.0. The fourth-order valence-electron chi connectivity index (χ4n) is 5.06. The van der Waals surface area contributed by atoms with Crippen LogP contribution in [-0.4, -0.2) is 54.2 Å². The first-order valence-electron chi connectivity index (χ1n) is 14.0. The van der Waals surface area contributed by atoms with Crippen LogP contribution in [0.5, 0.6) is 11.6 Å². The average Bonchev–Trinajstić information content (AvgIpc) is 2.96. The SMILES string of the molecule is CCC(F)(F)CS(=O)(=O)Nc1c(F)ccc2c(Oc3ncccc3-c3ccnc(N[C@@H]4CNC[C@H](C)C4)n3)c(C)ccc12. The fraction of sp³-hybridized carbons (Fsp3) is 0.367. The van der Waals surface area contributed by atoms with E-state index in [0.717, 1.165) is 25.6 Å². The van der Waals surface area contributed by atoms with E-state index in [1.165, 1.54) is 19.1 Å². The Kier molecular flexibility index (Phi) is 8.74. The third kappa shape index (κ3) is 7.16. The summed E-state index contributed by atoms with van der Waals surface area (Å²) in [4.78, 5) is 13.5. The van der Waals surface area contributed by atoms with Crippen molar-refractivity contribution >= 4 is 32.4 Å². The van der Waals surface area contributed by atoms with E-state index < -0.39 is 39.6 Å². The number of rotatable bonds is 10. The molecule has 1 aliphatic heterocycles. The number of hydrogen-bond acceptors (Lipinski definition) is 8. The van der Waals surface area contributed by atoms with Gasteiger partial charge in [0.2, 0.25) is 21.9 Å². The van der Waals surface area contributed by atoms with Crippen molar-refractivity contribution in [2.45, 2.75) is 45.6 Å². The van der Waals surface area contributed by atoms with Gasteiger partial charge in [0.1, 0.15) is 17.3 Å². The molecule has 43 heavy (non-hydrogen) atoms. The first-order valence-corrected chi connectivity index (χ1v) is 15.6. The van der Waals surface area contributed by atoms with Crippen molar-refractivity contribution in [3.63, 3.8) is 0 Å². The number of ether oxygens (including phenoxy) is 1. The van der Waals surface area contributed by atoms with Crippen molar-refractivity contribution in [2.75, 3.05) is 28.9 Å². The van der Waals surface area contributed by atoms with Gasteiger partial charge in [-0.15, -0.1) is 0 Å². The lowest BCUT2D eigenvalue weighted by Crippen LogP contribution is -2.42. The minimum atomic E-state index is -4.58. The minimum absolute atomic E-state index is 0.144. The topological polar surface area (TPSA) is 118 Å². The summed E-state index contributed by atoms with van der Waals surface area (Å²) < 4.78 is 76.2. The second-order valence-electron chi connectivity index (χ2n) is 10.9. The average molecular weight is 615 g/mol. The highest BCUT2D eigenvalue weighted by molar-refractivity contribution is 7.92. The highest BCUT2D eigenvalue weighted by atomic mass is 32.2. The maximum Gasteiger partial charge on any atom is 0.263 e. The number of anilines is 2. The van der Waals surface area contributed by atoms with E-state index in [0.29, 0.717) is 39.8 Å². The smallest absolute Gasteiger partial charge is 0.263 e. The number of nitrogens with one attached hydrogen (secondary N) is 3. The van der Waals surface area contributed by atoms with E-state index in [4.69, 9.17) is 9.72 Å². The van der Waals surface area contributed by atoms with Crippen molar-refractivity contribution in [3.05, 3.63) is 66.2 Å². The first kappa shape index (κ1) is 30.5. The van der Waals surface area contributed by atoms with Gasteiger partial charge >= 0.3 is 0 Å². The number of nitrogens with zero attached hydrogens (tertiary/aromatic N) is 3. The van der Waals surface area contributed by atoms with Gasteiger partial charge in [-0.2, -0.15) is 0 Å². The zero-order chi connectivity index (χ0) is 30.8. The normalized spacial score (nSPS) is 17.5. The fourth-order valence-corrected chi connectivity index (χ4v) is 6.41. The van der Waals surface area contributed by atoms with Gasteiger partial charge in [-0.1, -0.05) is 26.0 Å². The molecule has 2 atom stereocenters. The number of aromatic nitrogens is 3. The van der Waals surface area contributed by atoms with Gasteiger partial charge in [0, 0.05) is 42.2 Å². The third-order valence-corrected chi connectivity index (χ3v) is 8.60. The maximum atomic E-state index is 14.9. The lowest BCUT2D eigenvalue weighted by atomic mass is 9.98. The summed E-state index contributed by atoms with van der Waals surface area (Å²) in [5.41, 5.74) is 1.36. The Labute approximate surface area is 248 Å². The van der Waals surface area contributed by atoms with Gasteiger partial charge in [0.05, 0.1) is 16.9 Å². The molecule has 1 fully saturated rings. The highest BCUT2D eigenvalue weighted by Crippen LogP contribution is 2.40. The number of piperidine rings is 1. The quantitative estimate of drug-likeness (QED) is 0.195. The second kappa shape index (κ2) is 12.3. The van der Waals surface area contributed by atoms with Crippen LogP contribution >= 0.6 is 0 Å². The lowest BCUT2D eigenvalue weighted by Gasteiger charge is -2.28. The number of sulfonamides is 1. The Morgan fingerprint density at radius 2 is 1.86 bits per heavy atom. The summed E-state index contributed by atoms with van der Waals surface area (Å²) >= 11 is 0. The van der Waals surface area contributed by atoms with Crippen LogP contribution < -0.4 is 20.1 Å². The van der Waals surface area contributed by atoms with Crippen LogP contribution in [0.3, 0.4) is 0 Å². The number of halogens is 3. The molecule has 5 rings (SSSR count). The standard InChI is InChI=1S/C30H33F3N6O3S/c1-4-30(32,33)17-43(40,41)39-26-21-8-7-19(3)27(22(21)9-10-24(26)31)42-28-23(6-5-12-35-28)25-11-13-36-29(38-25)37-20-14-18(2)15-34-16-20/h5-13,18,20,34,39H,4,14-17H2,1-3H3,(H,36,37,38)/t18-,20+/m1/s1. The van der Waals surface area contributed by atoms with Crippen molar-refractivity contribution in [3.8, 4) is 22.9 Å². The number of alkyl halides is 2. The van der Waals surface area contributed by atoms with Gasteiger partial charge in [0.15, 0.2) is 0 Å². The Morgan fingerprint density at radius 1 is 1.07 bits per heavy atom. The molecule has 0 unspecified atom stereocenters. The van der Waals surface area contributed by atoms with Gasteiger partial charge in [-0.3, -0.25) is 4.72 Å². The molecule has 2 aromatic heterocycles. The number of pyridine rings is 1. The molecule has 0 aliphatic carbocycles. The van der Waals surface area contributed by atoms with E-state index in [-0.39, 0.29) is 17.3 Å². The van der Waals surface area contributed by atoms with E-state index >= 15 is 0 Å². The van der Waals surface area contributed by atoms with E-state index in [1.54, 1.807) is 43.6 Å². The van der Waals surface area contributed by atoms with E-state index in [2.05, 4.69) is 27.5 Å². The molecule has 3 heterocycles. The van der Waals surface area contributed by atoms with Gasteiger partial charge in [0.25, 0.3) is 5.92 Å². The molecule has 0 saturated carbocycles. The number of hydrogen-bond donors (Lipinski definition) is 3. The Morgan fingerprint density at radius 3 is 2.63 bits per heavy atom. The van der Waals surface area contributed by atoms with Crippen LogP contribution in [0.15, 0.2) is 54.9 Å². The lowest BCUT2D eigenvalue weighted by molar-refractivity contribution is 0.0219. The molecule has 4 aromatic rings. The Hall–Kier alpha value is -3.97. The molecule has 0 radical (unpaired) electrons. The summed E-state index contributed by atoms with van der Waals surface area (Å²) in [6, 6.07) is 11.1. The van der Waals surface area contributed by atoms with Crippen LogP contribution in [0.1, 0.15) is 32.3 Å². The number of fused-ring (bicyclic) bond motifs is 1. The molecule has 0 amide bonds. The summed E-state index contributed by atoms with van der Waals surface area (Å²) in [6.07, 6.45) is 3.52. The summed E-state index contributed by atoms with van der Waals surface area (Å²) in [6.45, 7) is 6.92. The molecule has 3 N–H and O–H groups in total. The molecule has 9 nitrogen and oxygen atoms in total. The summed E-state index contributed by atoms with van der Waals surface area (Å²) in [7, 11) is -4.58. The molecular formula is C30H33F3N6O3S. The van der Waals surface area contributed by atoms with Crippen molar-refractivity contribution in [1.29, 1.82) is 0 Å². The molecule has 1 aliphatic rings. The van der Waals surface area contributed by atoms with Crippen molar-refractivity contribution < 1.29 is 26.3 Å². The summed E-state index contributed by atoms with van der Waals surface area (Å²) in [5.74, 6) is -4.34. The Balaban J connectivity index is 1.48. The van der Waals surface area contributed by atoms with Crippen LogP contribution in [-0.2, 0) is 10.0 Å². The third-order valence-electron chi connectivity index (χ3n) is 7.28. The Bertz CT molecular complexity index is 1740. The monoisotopic (exact) mass is 614 g/mol. The zero-order valence-corrected chi connectivity index (χ0v) is 24.8. The molecule has 2 aromatic carbocycles. The van der Waals surface area contributed by atoms with Crippen molar-refractivity contribution in [2.24, 2.45) is 5.92 Å². The van der Waals surface area contributed by atoms with E-state index in [1.807, 2.05) is 4.72 Å². The predicted octanol–water partition coefficient (Wildman–Crippen LogP) is 6.13. The van der Waals surface area contributed by atoms with Gasteiger partial charge < -0.3 is 15.4 Å². The molecule has 1 saturated heterocycles. The van der Waals surface area contributed by atoms with Crippen LogP contribution in [0, 0.1) is 18.7 Å². The van der Waals surface area contributed by atoms with Crippen LogP contribution in [0.4, 0.5) is 24.8 Å². The van der Waals surface area contributed by atoms with Crippen LogP contribution in [0.25, 0.3) is 22.0 Å². The summed E-state index contributed by atoms with van der Waals surface area (Å²) in [5, 5.41) is 7.29. The molecule has 0 bridgehead atoms. The van der Waals surface area contributed by atoms with Gasteiger partial charge in [-0.25, -0.2) is 36.5 Å². The van der Waals surface area contributed by atoms with E-state index in [9.17, 15) is 21.6 Å². The van der Waals surface area contributed by atoms with Crippen molar-refractivity contribution in [1.82, 2.24) is 20.3 Å². The largest absolute Gasteiger partial charge is 0.437 e.